The minimum absolute atomic E-state index is 0.0644. The van der Waals surface area contributed by atoms with E-state index in [1.807, 2.05) is 35.1 Å². The molecule has 2 aliphatic rings. The number of carbonyl (C=O) groups is 1. The van der Waals surface area contributed by atoms with Gasteiger partial charge in [0.2, 0.25) is 5.91 Å². The number of para-hydroxylation sites is 1. The van der Waals surface area contributed by atoms with Crippen LogP contribution in [0.25, 0.3) is 10.9 Å². The van der Waals surface area contributed by atoms with Crippen molar-refractivity contribution in [2.45, 2.75) is 12.8 Å². The summed E-state index contributed by atoms with van der Waals surface area (Å²) in [6, 6.07) is 10.1. The monoisotopic (exact) mass is 356 g/mol. The van der Waals surface area contributed by atoms with Gasteiger partial charge in [-0.05, 0) is 31.5 Å². The van der Waals surface area contributed by atoms with E-state index in [0.29, 0.717) is 0 Å². The Balaban J connectivity index is 1.31. The van der Waals surface area contributed by atoms with Crippen molar-refractivity contribution >= 4 is 16.8 Å². The Bertz CT molecular complexity index is 738. The molecule has 0 radical (unpaired) electrons. The summed E-state index contributed by atoms with van der Waals surface area (Å²) in [7, 11) is 0. The van der Waals surface area contributed by atoms with E-state index in [1.54, 1.807) is 0 Å². The molecule has 1 unspecified atom stereocenters. The lowest BCUT2D eigenvalue weighted by atomic mass is 9.97. The van der Waals surface area contributed by atoms with Gasteiger partial charge in [0.15, 0.2) is 0 Å². The molecule has 26 heavy (non-hydrogen) atoms. The fourth-order valence-corrected chi connectivity index (χ4v) is 3.97. The van der Waals surface area contributed by atoms with E-state index in [0.717, 1.165) is 76.2 Å². The second-order valence-corrected chi connectivity index (χ2v) is 7.31. The molecular weight excluding hydrogens is 328 g/mol. The molecule has 1 N–H and O–H groups in total. The van der Waals surface area contributed by atoms with Crippen LogP contribution >= 0.6 is 0 Å². The molecule has 0 saturated carbocycles. The maximum Gasteiger partial charge on any atom is 0.243 e. The highest BCUT2D eigenvalue weighted by Gasteiger charge is 2.26. The number of ether oxygens (including phenoxy) is 1. The maximum atomic E-state index is 12.8. The Morgan fingerprint density at radius 2 is 1.88 bits per heavy atom. The van der Waals surface area contributed by atoms with Crippen LogP contribution < -0.4 is 5.43 Å². The fraction of sp³-hybridized carbons (Fsp3) is 0.550. The quantitative estimate of drug-likeness (QED) is 0.887. The summed E-state index contributed by atoms with van der Waals surface area (Å²) in [4.78, 5) is 17.7. The Hall–Kier alpha value is -1.89. The standard InChI is InChI=1S/C20H28N4O2/c25-20(21-24-9-7-17-4-1-2-6-19(17)24)18-5-3-8-23(16-18)11-10-22-12-14-26-15-13-22/h1-2,4,6-7,9,18H,3,5,8,10-16H2,(H,21,25). The molecule has 0 spiro atoms. The normalized spacial score (nSPS) is 22.5. The average molecular weight is 356 g/mol. The first kappa shape index (κ1) is 17.5. The third-order valence-corrected chi connectivity index (χ3v) is 5.54. The van der Waals surface area contributed by atoms with Gasteiger partial charge in [-0.25, -0.2) is 0 Å². The second kappa shape index (κ2) is 8.20. The van der Waals surface area contributed by atoms with Gasteiger partial charge in [0.25, 0.3) is 0 Å². The van der Waals surface area contributed by atoms with Crippen LogP contribution in [0.15, 0.2) is 36.5 Å². The van der Waals surface area contributed by atoms with Gasteiger partial charge in [-0.3, -0.25) is 19.8 Å². The number of nitrogens with one attached hydrogen (secondary N) is 1. The zero-order valence-electron chi connectivity index (χ0n) is 15.3. The molecule has 6 heteroatoms. The Labute approximate surface area is 154 Å². The van der Waals surface area contributed by atoms with Crippen molar-refractivity contribution in [1.82, 2.24) is 14.5 Å². The third-order valence-electron chi connectivity index (χ3n) is 5.54. The van der Waals surface area contributed by atoms with Gasteiger partial charge in [-0.1, -0.05) is 18.2 Å². The number of hydrogen-bond donors (Lipinski definition) is 1. The van der Waals surface area contributed by atoms with E-state index >= 15 is 0 Å². The van der Waals surface area contributed by atoms with Gasteiger partial charge in [0, 0.05) is 44.3 Å². The molecular formula is C20H28N4O2. The molecule has 3 heterocycles. The fourth-order valence-electron chi connectivity index (χ4n) is 3.97. The maximum absolute atomic E-state index is 12.8. The van der Waals surface area contributed by atoms with Crippen molar-refractivity contribution < 1.29 is 9.53 Å². The molecule has 1 atom stereocenters. The summed E-state index contributed by atoms with van der Waals surface area (Å²) in [5.74, 6) is 0.192. The largest absolute Gasteiger partial charge is 0.379 e. The Morgan fingerprint density at radius 1 is 1.08 bits per heavy atom. The molecule has 1 aromatic heterocycles. The number of hydrogen-bond acceptors (Lipinski definition) is 4. The topological polar surface area (TPSA) is 49.7 Å². The van der Waals surface area contributed by atoms with Crippen molar-refractivity contribution in [2.75, 3.05) is 57.9 Å². The average Bonchev–Trinajstić information content (AvgIpc) is 3.10. The molecule has 1 aromatic carbocycles. The number of aromatic nitrogens is 1. The van der Waals surface area contributed by atoms with Gasteiger partial charge in [-0.2, -0.15) is 0 Å². The minimum atomic E-state index is 0.0644. The van der Waals surface area contributed by atoms with Gasteiger partial charge in [-0.15, -0.1) is 0 Å². The molecule has 0 aliphatic carbocycles. The van der Waals surface area contributed by atoms with Crippen LogP contribution in [0, 0.1) is 5.92 Å². The molecule has 0 bridgehead atoms. The van der Waals surface area contributed by atoms with E-state index in [2.05, 4.69) is 21.3 Å². The first-order valence-electron chi connectivity index (χ1n) is 9.69. The highest BCUT2D eigenvalue weighted by Crippen LogP contribution is 2.18. The predicted octanol–water partition coefficient (Wildman–Crippen LogP) is 1.76. The van der Waals surface area contributed by atoms with E-state index in [9.17, 15) is 4.79 Å². The van der Waals surface area contributed by atoms with Crippen molar-refractivity contribution in [1.29, 1.82) is 0 Å². The van der Waals surface area contributed by atoms with Crippen LogP contribution in [0.3, 0.4) is 0 Å². The summed E-state index contributed by atoms with van der Waals surface area (Å²) in [6.07, 6.45) is 3.99. The van der Waals surface area contributed by atoms with Crippen molar-refractivity contribution in [3.8, 4) is 0 Å². The molecule has 4 rings (SSSR count). The lowest BCUT2D eigenvalue weighted by Gasteiger charge is -2.34. The molecule has 2 aliphatic heterocycles. The summed E-state index contributed by atoms with van der Waals surface area (Å²) >= 11 is 0. The molecule has 2 saturated heterocycles. The summed E-state index contributed by atoms with van der Waals surface area (Å²) < 4.78 is 7.26. The number of amides is 1. The number of nitrogens with zero attached hydrogens (tertiary/aromatic N) is 3. The molecule has 2 aromatic rings. The number of piperidine rings is 1. The molecule has 1 amide bonds. The van der Waals surface area contributed by atoms with Gasteiger partial charge in [0.1, 0.15) is 0 Å². The van der Waals surface area contributed by atoms with Crippen LogP contribution in [0.2, 0.25) is 0 Å². The molecule has 2 fully saturated rings. The molecule has 6 nitrogen and oxygen atoms in total. The van der Waals surface area contributed by atoms with E-state index in [4.69, 9.17) is 4.74 Å². The van der Waals surface area contributed by atoms with E-state index in [-0.39, 0.29) is 11.8 Å². The van der Waals surface area contributed by atoms with Crippen LogP contribution in [0.1, 0.15) is 12.8 Å². The van der Waals surface area contributed by atoms with Crippen molar-refractivity contribution in [3.05, 3.63) is 36.5 Å². The predicted molar refractivity (Wildman–Crippen MR) is 103 cm³/mol. The Kier molecular flexibility index (Phi) is 5.53. The first-order chi connectivity index (χ1) is 12.8. The lowest BCUT2D eigenvalue weighted by molar-refractivity contribution is -0.122. The number of fused-ring (bicyclic) bond motifs is 1. The van der Waals surface area contributed by atoms with Crippen molar-refractivity contribution in [2.24, 2.45) is 5.92 Å². The first-order valence-corrected chi connectivity index (χ1v) is 9.69. The smallest absolute Gasteiger partial charge is 0.243 e. The summed E-state index contributed by atoms with van der Waals surface area (Å²) in [6.45, 7) is 7.80. The SMILES string of the molecule is O=C(Nn1ccc2ccccc21)C1CCCN(CCN2CCOCC2)C1. The highest BCUT2D eigenvalue weighted by atomic mass is 16.5. The lowest BCUT2D eigenvalue weighted by Crippen LogP contribution is -2.46. The number of morpholine rings is 1. The van der Waals surface area contributed by atoms with Crippen LogP contribution in [0.5, 0.6) is 0 Å². The van der Waals surface area contributed by atoms with Crippen LogP contribution in [-0.2, 0) is 9.53 Å². The summed E-state index contributed by atoms with van der Waals surface area (Å²) in [5, 5.41) is 1.14. The zero-order valence-corrected chi connectivity index (χ0v) is 15.3. The number of benzene rings is 1. The van der Waals surface area contributed by atoms with E-state index < -0.39 is 0 Å². The van der Waals surface area contributed by atoms with Crippen LogP contribution in [0.4, 0.5) is 0 Å². The van der Waals surface area contributed by atoms with Crippen LogP contribution in [-0.4, -0.2) is 72.9 Å². The van der Waals surface area contributed by atoms with Gasteiger partial charge < -0.3 is 9.64 Å². The number of rotatable bonds is 5. The summed E-state index contributed by atoms with van der Waals surface area (Å²) in [5.41, 5.74) is 4.13. The third kappa shape index (κ3) is 4.09. The van der Waals surface area contributed by atoms with Gasteiger partial charge in [0.05, 0.1) is 24.6 Å². The second-order valence-electron chi connectivity index (χ2n) is 7.31. The molecule has 140 valence electrons. The van der Waals surface area contributed by atoms with Gasteiger partial charge >= 0.3 is 0 Å². The number of carbonyl (C=O) groups excluding carboxylic acids is 1. The van der Waals surface area contributed by atoms with E-state index in [1.165, 1.54) is 0 Å². The Morgan fingerprint density at radius 3 is 2.77 bits per heavy atom. The zero-order chi connectivity index (χ0) is 17.8. The number of likely N-dealkylation sites (tertiary alicyclic amines) is 1. The highest BCUT2D eigenvalue weighted by molar-refractivity contribution is 5.89. The van der Waals surface area contributed by atoms with Crippen molar-refractivity contribution in [3.63, 3.8) is 0 Å². The minimum Gasteiger partial charge on any atom is -0.379 e.